The van der Waals surface area contributed by atoms with E-state index in [0.29, 0.717) is 28.4 Å². The summed E-state index contributed by atoms with van der Waals surface area (Å²) in [5, 5.41) is 9.01. The Balaban J connectivity index is 1.51. The second-order valence-corrected chi connectivity index (χ2v) is 7.84. The summed E-state index contributed by atoms with van der Waals surface area (Å²) in [5.41, 5.74) is 8.52. The third-order valence-electron chi connectivity index (χ3n) is 4.92. The fourth-order valence-electron chi connectivity index (χ4n) is 3.24. The number of hydrogen-bond acceptors (Lipinski definition) is 6. The summed E-state index contributed by atoms with van der Waals surface area (Å²) in [4.78, 5) is 18.9. The van der Waals surface area contributed by atoms with E-state index < -0.39 is 0 Å². The zero-order chi connectivity index (χ0) is 18.8. The van der Waals surface area contributed by atoms with Crippen LogP contribution in [-0.2, 0) is 4.79 Å². The van der Waals surface area contributed by atoms with Crippen LogP contribution in [0.1, 0.15) is 19.8 Å². The number of amides is 1. The topological polar surface area (TPSA) is 89.4 Å². The van der Waals surface area contributed by atoms with Crippen molar-refractivity contribution in [2.75, 3.05) is 24.6 Å². The lowest BCUT2D eigenvalue weighted by molar-refractivity contribution is -0.129. The standard InChI is InChI=1S/C19H22N6OS/c1-13-7-9-24(10-8-13)17(26)12-27-19-23-22-16-11-15(21-18(20)25(16)19)14-5-3-2-4-6-14/h2-6,11,13H,7-10,12H2,1H3,(H2,20,21). The van der Waals surface area contributed by atoms with Crippen LogP contribution in [0.25, 0.3) is 16.9 Å². The summed E-state index contributed by atoms with van der Waals surface area (Å²) in [6, 6.07) is 11.7. The summed E-state index contributed by atoms with van der Waals surface area (Å²) in [6.07, 6.45) is 2.15. The van der Waals surface area contributed by atoms with E-state index in [1.165, 1.54) is 11.8 Å². The highest BCUT2D eigenvalue weighted by atomic mass is 32.2. The van der Waals surface area contributed by atoms with Crippen LogP contribution in [0.2, 0.25) is 0 Å². The first kappa shape index (κ1) is 17.8. The maximum absolute atomic E-state index is 12.5. The zero-order valence-corrected chi connectivity index (χ0v) is 16.0. The lowest BCUT2D eigenvalue weighted by Gasteiger charge is -2.30. The molecule has 0 aliphatic carbocycles. The van der Waals surface area contributed by atoms with Crippen molar-refractivity contribution in [2.24, 2.45) is 5.92 Å². The number of nitrogen functional groups attached to an aromatic ring is 1. The number of piperidine rings is 1. The van der Waals surface area contributed by atoms with Crippen LogP contribution in [0.15, 0.2) is 41.6 Å². The number of nitrogens with zero attached hydrogens (tertiary/aromatic N) is 5. The minimum atomic E-state index is 0.135. The molecule has 1 aromatic carbocycles. The minimum Gasteiger partial charge on any atom is -0.369 e. The van der Waals surface area contributed by atoms with Crippen LogP contribution in [0.3, 0.4) is 0 Å². The van der Waals surface area contributed by atoms with Gasteiger partial charge in [-0.1, -0.05) is 49.0 Å². The quantitative estimate of drug-likeness (QED) is 0.698. The molecule has 0 saturated carbocycles. The highest BCUT2D eigenvalue weighted by Crippen LogP contribution is 2.25. The Hall–Kier alpha value is -2.61. The molecule has 1 amide bonds. The Bertz CT molecular complexity index is 949. The Labute approximate surface area is 162 Å². The lowest BCUT2D eigenvalue weighted by atomic mass is 9.99. The monoisotopic (exact) mass is 382 g/mol. The van der Waals surface area contributed by atoms with Gasteiger partial charge >= 0.3 is 0 Å². The molecule has 0 spiro atoms. The van der Waals surface area contributed by atoms with Gasteiger partial charge in [0, 0.05) is 24.7 Å². The molecule has 2 aromatic heterocycles. The number of hydrogen-bond donors (Lipinski definition) is 1. The number of aromatic nitrogens is 4. The molecule has 1 aliphatic heterocycles. The van der Waals surface area contributed by atoms with E-state index in [9.17, 15) is 4.79 Å². The summed E-state index contributed by atoms with van der Waals surface area (Å²) in [5.74, 6) is 1.48. The van der Waals surface area contributed by atoms with Crippen LogP contribution < -0.4 is 5.73 Å². The predicted octanol–water partition coefficient (Wildman–Crippen LogP) is 2.72. The van der Waals surface area contributed by atoms with E-state index >= 15 is 0 Å². The van der Waals surface area contributed by atoms with Gasteiger partial charge in [-0.05, 0) is 18.8 Å². The molecule has 0 bridgehead atoms. The van der Waals surface area contributed by atoms with Crippen molar-refractivity contribution < 1.29 is 4.79 Å². The van der Waals surface area contributed by atoms with E-state index in [-0.39, 0.29) is 5.91 Å². The predicted molar refractivity (Wildman–Crippen MR) is 106 cm³/mol. The van der Waals surface area contributed by atoms with Gasteiger partial charge in [-0.3, -0.25) is 4.79 Å². The second kappa shape index (κ2) is 7.56. The maximum atomic E-state index is 12.5. The number of benzene rings is 1. The van der Waals surface area contributed by atoms with Gasteiger partial charge < -0.3 is 10.6 Å². The van der Waals surface area contributed by atoms with Gasteiger partial charge in [-0.25, -0.2) is 9.38 Å². The number of thioether (sulfide) groups is 1. The van der Waals surface area contributed by atoms with Crippen LogP contribution in [0, 0.1) is 5.92 Å². The minimum absolute atomic E-state index is 0.135. The van der Waals surface area contributed by atoms with Gasteiger partial charge in [0.05, 0.1) is 11.4 Å². The molecule has 8 heteroatoms. The fraction of sp³-hybridized carbons (Fsp3) is 0.368. The van der Waals surface area contributed by atoms with Crippen LogP contribution in [0.4, 0.5) is 5.95 Å². The first-order valence-electron chi connectivity index (χ1n) is 9.09. The highest BCUT2D eigenvalue weighted by Gasteiger charge is 2.21. The summed E-state index contributed by atoms with van der Waals surface area (Å²) >= 11 is 1.35. The van der Waals surface area contributed by atoms with E-state index in [1.807, 2.05) is 41.3 Å². The largest absolute Gasteiger partial charge is 0.369 e. The molecular formula is C19H22N6OS. The third-order valence-corrected chi connectivity index (χ3v) is 5.83. The number of carbonyl (C=O) groups excluding carboxylic acids is 1. The van der Waals surface area contributed by atoms with Crippen molar-refractivity contribution in [2.45, 2.75) is 24.9 Å². The normalized spacial score (nSPS) is 15.4. The van der Waals surface area contributed by atoms with Gasteiger partial charge in [0.15, 0.2) is 10.8 Å². The molecule has 0 unspecified atom stereocenters. The second-order valence-electron chi connectivity index (χ2n) is 6.89. The van der Waals surface area contributed by atoms with E-state index in [0.717, 1.165) is 37.2 Å². The third kappa shape index (κ3) is 3.75. The van der Waals surface area contributed by atoms with Gasteiger partial charge in [0.25, 0.3) is 0 Å². The van der Waals surface area contributed by atoms with Gasteiger partial charge in [-0.2, -0.15) is 0 Å². The summed E-state index contributed by atoms with van der Waals surface area (Å²) < 4.78 is 1.70. The average Bonchev–Trinajstić information content (AvgIpc) is 3.11. The van der Waals surface area contributed by atoms with Crippen molar-refractivity contribution in [3.8, 4) is 11.3 Å². The smallest absolute Gasteiger partial charge is 0.233 e. The number of anilines is 1. The Morgan fingerprint density at radius 1 is 1.22 bits per heavy atom. The molecule has 4 rings (SSSR count). The van der Waals surface area contributed by atoms with Crippen LogP contribution in [-0.4, -0.2) is 49.2 Å². The fourth-order valence-corrected chi connectivity index (χ4v) is 4.09. The highest BCUT2D eigenvalue weighted by molar-refractivity contribution is 7.99. The number of carbonyl (C=O) groups is 1. The van der Waals surface area contributed by atoms with Crippen LogP contribution in [0.5, 0.6) is 0 Å². The molecule has 1 aliphatic rings. The van der Waals surface area contributed by atoms with E-state index in [4.69, 9.17) is 5.73 Å². The van der Waals surface area contributed by atoms with Crippen molar-refractivity contribution >= 4 is 29.3 Å². The summed E-state index contributed by atoms with van der Waals surface area (Å²) in [6.45, 7) is 3.91. The van der Waals surface area contributed by atoms with E-state index in [1.54, 1.807) is 4.40 Å². The zero-order valence-electron chi connectivity index (χ0n) is 15.2. The van der Waals surface area contributed by atoms with Gasteiger partial charge in [0.2, 0.25) is 11.9 Å². The van der Waals surface area contributed by atoms with E-state index in [2.05, 4.69) is 22.1 Å². The van der Waals surface area contributed by atoms with Crippen LogP contribution >= 0.6 is 11.8 Å². The number of nitrogens with two attached hydrogens (primary N) is 1. The SMILES string of the molecule is CC1CCN(C(=O)CSc2nnc3cc(-c4ccccc4)nc(N)n23)CC1. The van der Waals surface area contributed by atoms with Gasteiger partial charge in [0.1, 0.15) is 0 Å². The molecule has 3 heterocycles. The molecule has 0 radical (unpaired) electrons. The first-order valence-corrected chi connectivity index (χ1v) is 10.1. The number of fused-ring (bicyclic) bond motifs is 1. The first-order chi connectivity index (χ1) is 13.1. The van der Waals surface area contributed by atoms with Crippen molar-refractivity contribution in [1.29, 1.82) is 0 Å². The van der Waals surface area contributed by atoms with Crippen molar-refractivity contribution in [1.82, 2.24) is 24.5 Å². The molecule has 1 fully saturated rings. The Morgan fingerprint density at radius 3 is 2.70 bits per heavy atom. The van der Waals surface area contributed by atoms with Crippen molar-refractivity contribution in [3.63, 3.8) is 0 Å². The molecule has 140 valence electrons. The number of likely N-dealkylation sites (tertiary alicyclic amines) is 1. The van der Waals surface area contributed by atoms with Crippen molar-refractivity contribution in [3.05, 3.63) is 36.4 Å². The summed E-state index contributed by atoms with van der Waals surface area (Å²) in [7, 11) is 0. The molecule has 1 saturated heterocycles. The molecule has 2 N–H and O–H groups in total. The maximum Gasteiger partial charge on any atom is 0.233 e. The molecular weight excluding hydrogens is 360 g/mol. The Morgan fingerprint density at radius 2 is 1.96 bits per heavy atom. The molecule has 7 nitrogen and oxygen atoms in total. The lowest BCUT2D eigenvalue weighted by Crippen LogP contribution is -2.38. The Kier molecular flexibility index (Phi) is 4.98. The average molecular weight is 382 g/mol. The number of rotatable bonds is 4. The molecule has 3 aromatic rings. The van der Waals surface area contributed by atoms with Gasteiger partial charge in [-0.15, -0.1) is 10.2 Å². The molecule has 0 atom stereocenters. The molecule has 27 heavy (non-hydrogen) atoms.